The van der Waals surface area contributed by atoms with Gasteiger partial charge in [-0.25, -0.2) is 0 Å². The minimum absolute atomic E-state index is 0.263. The molecule has 0 heterocycles. The van der Waals surface area contributed by atoms with Gasteiger partial charge in [0.15, 0.2) is 0 Å². The average Bonchev–Trinajstić information content (AvgIpc) is 2.88. The summed E-state index contributed by atoms with van der Waals surface area (Å²) in [5.41, 5.74) is 0. The zero-order valence-electron chi connectivity index (χ0n) is 26.6. The molecule has 0 fully saturated rings. The van der Waals surface area contributed by atoms with Gasteiger partial charge in [-0.2, -0.15) is 0 Å². The molecule has 0 radical (unpaired) electrons. The first-order valence-corrected chi connectivity index (χ1v) is 21.2. The molecule has 0 aromatic carbocycles. The van der Waals surface area contributed by atoms with Crippen LogP contribution in [0.25, 0.3) is 0 Å². The second-order valence-corrected chi connectivity index (χ2v) is 19.2. The minimum atomic E-state index is -4.00. The average molecular weight is 581 g/mol. The van der Waals surface area contributed by atoms with Crippen LogP contribution in [-0.4, -0.2) is 39.7 Å². The Balaban J connectivity index is 5.30. The summed E-state index contributed by atoms with van der Waals surface area (Å²) in [4.78, 5) is 0. The van der Waals surface area contributed by atoms with E-state index in [1.807, 2.05) is 0 Å². The SMILES string of the molecule is CCCCCCCCCCCCOS(=O)(=O)OP(CCCCC)(CCCCC)(CCCCC)CCCCC. The van der Waals surface area contributed by atoms with Crippen LogP contribution in [0.2, 0.25) is 0 Å². The van der Waals surface area contributed by atoms with E-state index < -0.39 is 17.2 Å². The quantitative estimate of drug-likeness (QED) is 0.0626. The van der Waals surface area contributed by atoms with Gasteiger partial charge in [-0.05, 0) is 0 Å². The van der Waals surface area contributed by atoms with Gasteiger partial charge in [0.25, 0.3) is 0 Å². The van der Waals surface area contributed by atoms with Crippen LogP contribution in [0, 0.1) is 0 Å². The summed E-state index contributed by atoms with van der Waals surface area (Å²) in [6.07, 6.45) is 29.5. The van der Waals surface area contributed by atoms with Crippen molar-refractivity contribution in [2.45, 2.75) is 176 Å². The molecule has 0 saturated carbocycles. The molecule has 0 rings (SSSR count). The van der Waals surface area contributed by atoms with Crippen molar-refractivity contribution in [2.75, 3.05) is 31.3 Å². The molecule has 0 saturated heterocycles. The number of hydrogen-bond acceptors (Lipinski definition) is 4. The van der Waals surface area contributed by atoms with E-state index in [0.717, 1.165) is 115 Å². The van der Waals surface area contributed by atoms with Gasteiger partial charge < -0.3 is 0 Å². The molecular weight excluding hydrogens is 511 g/mol. The molecule has 0 unspecified atom stereocenters. The van der Waals surface area contributed by atoms with E-state index in [1.165, 1.54) is 51.4 Å². The molecule has 0 bridgehead atoms. The summed E-state index contributed by atoms with van der Waals surface area (Å²) in [5, 5.41) is 0. The van der Waals surface area contributed by atoms with Gasteiger partial charge in [-0.15, -0.1) is 0 Å². The third-order valence-electron chi connectivity index (χ3n) is 8.34. The van der Waals surface area contributed by atoms with Crippen molar-refractivity contribution in [1.82, 2.24) is 0 Å². The third kappa shape index (κ3) is 18.6. The molecule has 6 heteroatoms. The van der Waals surface area contributed by atoms with Crippen LogP contribution in [0.4, 0.5) is 0 Å². The van der Waals surface area contributed by atoms with Crippen molar-refractivity contribution in [2.24, 2.45) is 0 Å². The van der Waals surface area contributed by atoms with Gasteiger partial charge in [0.1, 0.15) is 0 Å². The first-order chi connectivity index (χ1) is 18.3. The van der Waals surface area contributed by atoms with Crippen molar-refractivity contribution < 1.29 is 16.6 Å². The molecule has 232 valence electrons. The Labute approximate surface area is 240 Å². The molecule has 0 aliphatic heterocycles. The van der Waals surface area contributed by atoms with Crippen LogP contribution in [0.3, 0.4) is 0 Å². The van der Waals surface area contributed by atoms with E-state index in [1.54, 1.807) is 0 Å². The van der Waals surface area contributed by atoms with Crippen LogP contribution in [-0.2, 0) is 18.6 Å². The molecule has 0 spiro atoms. The van der Waals surface area contributed by atoms with Crippen molar-refractivity contribution >= 4 is 17.2 Å². The Morgan fingerprint density at radius 2 is 0.711 bits per heavy atom. The molecule has 4 nitrogen and oxygen atoms in total. The van der Waals surface area contributed by atoms with Crippen molar-refractivity contribution in [3.8, 4) is 0 Å². The first-order valence-electron chi connectivity index (χ1n) is 16.9. The molecule has 38 heavy (non-hydrogen) atoms. The molecule has 0 aliphatic carbocycles. The maximum absolute atomic E-state index is 13.4. The molecule has 0 amide bonds. The molecule has 0 aromatic rings. The van der Waals surface area contributed by atoms with Crippen molar-refractivity contribution in [1.29, 1.82) is 0 Å². The fourth-order valence-corrected chi connectivity index (χ4v) is 15.1. The van der Waals surface area contributed by atoms with E-state index >= 15 is 0 Å². The van der Waals surface area contributed by atoms with Crippen molar-refractivity contribution in [3.05, 3.63) is 0 Å². The predicted octanol–water partition coefficient (Wildman–Crippen LogP) is 11.4. The van der Waals surface area contributed by atoms with Crippen LogP contribution in [0.15, 0.2) is 0 Å². The summed E-state index contributed by atoms with van der Waals surface area (Å²) in [7, 11) is -4.00. The van der Waals surface area contributed by atoms with Crippen LogP contribution in [0.5, 0.6) is 0 Å². The Morgan fingerprint density at radius 1 is 0.421 bits per heavy atom. The monoisotopic (exact) mass is 580 g/mol. The zero-order valence-corrected chi connectivity index (χ0v) is 28.3. The maximum atomic E-state index is 13.4. The van der Waals surface area contributed by atoms with Crippen molar-refractivity contribution in [3.63, 3.8) is 0 Å². The van der Waals surface area contributed by atoms with Gasteiger partial charge in [0, 0.05) is 0 Å². The fraction of sp³-hybridized carbons (Fsp3) is 1.00. The first kappa shape index (κ1) is 38.3. The second kappa shape index (κ2) is 24.0. The van der Waals surface area contributed by atoms with Crippen LogP contribution >= 0.6 is 6.83 Å². The Hall–Kier alpha value is 0.300. The Kier molecular flexibility index (Phi) is 24.1. The Morgan fingerprint density at radius 3 is 1.05 bits per heavy atom. The van der Waals surface area contributed by atoms with E-state index in [9.17, 15) is 8.42 Å². The van der Waals surface area contributed by atoms with E-state index in [4.69, 9.17) is 8.15 Å². The van der Waals surface area contributed by atoms with Gasteiger partial charge in [0.05, 0.1) is 0 Å². The molecular formula is C32H69O4PS. The topological polar surface area (TPSA) is 52.6 Å². The number of unbranched alkanes of at least 4 members (excludes halogenated alkanes) is 17. The fourth-order valence-electron chi connectivity index (χ4n) is 5.90. The standard InChI is InChI=1S/C32H69O4PS/c1-6-11-16-17-18-19-20-21-22-23-28-35-38(33,34)36-37(29-24-12-7-2,30-25-13-8-3,31-26-14-9-4)32-27-15-10-5/h6-32H2,1-5H3. The molecule has 0 aromatic heterocycles. The zero-order chi connectivity index (χ0) is 28.5. The summed E-state index contributed by atoms with van der Waals surface area (Å²) < 4.78 is 39.0. The van der Waals surface area contributed by atoms with Gasteiger partial charge in [-0.3, -0.25) is 0 Å². The van der Waals surface area contributed by atoms with Crippen LogP contribution in [0.1, 0.15) is 176 Å². The van der Waals surface area contributed by atoms with Gasteiger partial charge in [-0.1, -0.05) is 19.8 Å². The number of hydrogen-bond donors (Lipinski definition) is 0. The molecule has 0 aliphatic rings. The summed E-state index contributed by atoms with van der Waals surface area (Å²) in [6.45, 7) is 8.49. The van der Waals surface area contributed by atoms with E-state index in [2.05, 4.69) is 34.6 Å². The summed E-state index contributed by atoms with van der Waals surface area (Å²) in [6, 6.07) is 0. The molecule has 0 atom stereocenters. The van der Waals surface area contributed by atoms with E-state index in [-0.39, 0.29) is 6.61 Å². The summed E-state index contributed by atoms with van der Waals surface area (Å²) >= 11 is 0. The van der Waals surface area contributed by atoms with Gasteiger partial charge >= 0.3 is 221 Å². The molecule has 0 N–H and O–H groups in total. The predicted molar refractivity (Wildman–Crippen MR) is 172 cm³/mol. The third-order valence-corrected chi connectivity index (χ3v) is 17.0. The Bertz CT molecular complexity index is 571. The van der Waals surface area contributed by atoms with Gasteiger partial charge in [0.2, 0.25) is 0 Å². The normalized spacial score (nSPS) is 13.6. The summed E-state index contributed by atoms with van der Waals surface area (Å²) in [5.74, 6) is 0. The number of rotatable bonds is 30. The second-order valence-electron chi connectivity index (χ2n) is 12.1. The van der Waals surface area contributed by atoms with E-state index in [0.29, 0.717) is 0 Å². The van der Waals surface area contributed by atoms with Crippen LogP contribution < -0.4 is 0 Å².